The number of benzene rings is 2. The van der Waals surface area contributed by atoms with Gasteiger partial charge in [-0.2, -0.15) is 4.98 Å². The number of halogens is 1. The number of hydrogen-bond donors (Lipinski definition) is 1. The van der Waals surface area contributed by atoms with Crippen LogP contribution in [0.3, 0.4) is 0 Å². The van der Waals surface area contributed by atoms with Crippen LogP contribution in [0.2, 0.25) is 0 Å². The summed E-state index contributed by atoms with van der Waals surface area (Å²) in [6, 6.07) is 13.7. The summed E-state index contributed by atoms with van der Waals surface area (Å²) in [5, 5.41) is 6.43. The molecule has 2 aromatic carbocycles. The van der Waals surface area contributed by atoms with Crippen molar-refractivity contribution in [3.8, 4) is 11.5 Å². The maximum absolute atomic E-state index is 12.9. The van der Waals surface area contributed by atoms with Gasteiger partial charge in [-0.3, -0.25) is 4.79 Å². The highest BCUT2D eigenvalue weighted by atomic mass is 19.1. The lowest BCUT2D eigenvalue weighted by molar-refractivity contribution is 0.0937. The number of nitrogens with zero attached hydrogens (tertiary/aromatic N) is 2. The van der Waals surface area contributed by atoms with Crippen LogP contribution in [0.15, 0.2) is 53.1 Å². The Labute approximate surface area is 144 Å². The molecular weight excluding hydrogens is 321 g/mol. The van der Waals surface area contributed by atoms with E-state index in [-0.39, 0.29) is 17.5 Å². The molecule has 0 aliphatic carbocycles. The molecule has 0 saturated carbocycles. The first kappa shape index (κ1) is 16.8. The number of nitrogens with one attached hydrogen (secondary N) is 1. The third-order valence-corrected chi connectivity index (χ3v) is 3.82. The summed E-state index contributed by atoms with van der Waals surface area (Å²) in [4.78, 5) is 16.2. The second-order valence-electron chi connectivity index (χ2n) is 6.01. The minimum Gasteiger partial charge on any atom is -0.345 e. The van der Waals surface area contributed by atoms with Crippen LogP contribution in [0.4, 0.5) is 4.39 Å². The van der Waals surface area contributed by atoms with Gasteiger partial charge >= 0.3 is 0 Å². The fourth-order valence-electron chi connectivity index (χ4n) is 2.31. The van der Waals surface area contributed by atoms with Gasteiger partial charge in [-0.1, -0.05) is 43.3 Å². The van der Waals surface area contributed by atoms with Crippen LogP contribution >= 0.6 is 0 Å². The molecule has 0 radical (unpaired) electrons. The average Bonchev–Trinajstić information content (AvgIpc) is 3.11. The summed E-state index contributed by atoms with van der Waals surface area (Å²) >= 11 is 0. The number of amides is 1. The molecule has 1 amide bonds. The molecule has 0 atom stereocenters. The molecular formula is C19H18FN3O2. The van der Waals surface area contributed by atoms with Gasteiger partial charge in [-0.25, -0.2) is 4.39 Å². The minimum absolute atomic E-state index is 0.0573. The van der Waals surface area contributed by atoms with Gasteiger partial charge in [0.1, 0.15) is 5.82 Å². The lowest BCUT2D eigenvalue weighted by atomic mass is 10.0. The quantitative estimate of drug-likeness (QED) is 0.765. The Bertz CT molecular complexity index is 855. The third-order valence-electron chi connectivity index (χ3n) is 3.82. The van der Waals surface area contributed by atoms with Crippen molar-refractivity contribution in [1.82, 2.24) is 15.5 Å². The standard InChI is InChI=1S/C19H18FN3O2/c1-12(2)14-5-3-13(4-6-14)11-21-18(24)17-22-19(25-23-17)15-7-9-16(20)10-8-15/h3-10,12H,11H2,1-2H3,(H,21,24). The fraction of sp³-hybridized carbons (Fsp3) is 0.211. The largest absolute Gasteiger partial charge is 0.345 e. The molecule has 3 aromatic rings. The van der Waals surface area contributed by atoms with E-state index < -0.39 is 5.91 Å². The molecule has 25 heavy (non-hydrogen) atoms. The number of hydrogen-bond acceptors (Lipinski definition) is 4. The van der Waals surface area contributed by atoms with Crippen molar-refractivity contribution in [2.45, 2.75) is 26.3 Å². The topological polar surface area (TPSA) is 68.0 Å². The van der Waals surface area contributed by atoms with Gasteiger partial charge in [0.15, 0.2) is 0 Å². The molecule has 0 aliphatic heterocycles. The van der Waals surface area contributed by atoms with Crippen molar-refractivity contribution in [3.63, 3.8) is 0 Å². The Hall–Kier alpha value is -3.02. The maximum Gasteiger partial charge on any atom is 0.292 e. The Morgan fingerprint density at radius 1 is 1.12 bits per heavy atom. The van der Waals surface area contributed by atoms with Crippen molar-refractivity contribution < 1.29 is 13.7 Å². The van der Waals surface area contributed by atoms with E-state index in [0.29, 0.717) is 18.0 Å². The van der Waals surface area contributed by atoms with Crippen molar-refractivity contribution in [1.29, 1.82) is 0 Å². The zero-order valence-corrected chi connectivity index (χ0v) is 14.0. The molecule has 128 valence electrons. The van der Waals surface area contributed by atoms with E-state index in [0.717, 1.165) is 5.56 Å². The van der Waals surface area contributed by atoms with Crippen molar-refractivity contribution >= 4 is 5.91 Å². The second kappa shape index (κ2) is 7.25. The van der Waals surface area contributed by atoms with Crippen LogP contribution in [0.5, 0.6) is 0 Å². The molecule has 0 saturated heterocycles. The Kier molecular flexibility index (Phi) is 4.88. The normalized spacial score (nSPS) is 10.9. The van der Waals surface area contributed by atoms with E-state index in [1.807, 2.05) is 24.3 Å². The number of aromatic nitrogens is 2. The van der Waals surface area contributed by atoms with E-state index in [9.17, 15) is 9.18 Å². The van der Waals surface area contributed by atoms with E-state index in [2.05, 4.69) is 29.3 Å². The van der Waals surface area contributed by atoms with Gasteiger partial charge in [0.2, 0.25) is 0 Å². The lowest BCUT2D eigenvalue weighted by Crippen LogP contribution is -2.23. The summed E-state index contributed by atoms with van der Waals surface area (Å²) in [5.74, 6) is -0.202. The SMILES string of the molecule is CC(C)c1ccc(CNC(=O)c2noc(-c3ccc(F)cc3)n2)cc1. The van der Waals surface area contributed by atoms with Crippen LogP contribution in [0, 0.1) is 5.82 Å². The molecule has 0 bridgehead atoms. The maximum atomic E-state index is 12.9. The van der Waals surface area contributed by atoms with Crippen LogP contribution < -0.4 is 5.32 Å². The van der Waals surface area contributed by atoms with Crippen LogP contribution in [-0.2, 0) is 6.54 Å². The van der Waals surface area contributed by atoms with Crippen LogP contribution in [0.1, 0.15) is 41.5 Å². The van der Waals surface area contributed by atoms with E-state index in [1.54, 1.807) is 0 Å². The number of rotatable bonds is 5. The fourth-order valence-corrected chi connectivity index (χ4v) is 2.31. The number of carbonyl (C=O) groups excluding carboxylic acids is 1. The number of carbonyl (C=O) groups is 1. The summed E-state index contributed by atoms with van der Waals surface area (Å²) in [7, 11) is 0. The molecule has 6 heteroatoms. The predicted octanol–water partition coefficient (Wildman–Crippen LogP) is 3.93. The zero-order valence-electron chi connectivity index (χ0n) is 14.0. The van der Waals surface area contributed by atoms with Crippen molar-refractivity contribution in [3.05, 3.63) is 71.3 Å². The Morgan fingerprint density at radius 3 is 2.44 bits per heavy atom. The lowest BCUT2D eigenvalue weighted by Gasteiger charge is -2.07. The third kappa shape index (κ3) is 4.09. The predicted molar refractivity (Wildman–Crippen MR) is 91.4 cm³/mol. The zero-order chi connectivity index (χ0) is 17.8. The van der Waals surface area contributed by atoms with Crippen LogP contribution in [0.25, 0.3) is 11.5 Å². The molecule has 0 aliphatic rings. The Morgan fingerprint density at radius 2 is 1.80 bits per heavy atom. The van der Waals surface area contributed by atoms with Gasteiger partial charge in [0.25, 0.3) is 17.6 Å². The summed E-state index contributed by atoms with van der Waals surface area (Å²) < 4.78 is 18.0. The smallest absolute Gasteiger partial charge is 0.292 e. The molecule has 0 unspecified atom stereocenters. The first-order valence-corrected chi connectivity index (χ1v) is 7.99. The molecule has 1 aromatic heterocycles. The monoisotopic (exact) mass is 339 g/mol. The van der Waals surface area contributed by atoms with Gasteiger partial charge in [0, 0.05) is 12.1 Å². The summed E-state index contributed by atoms with van der Waals surface area (Å²) in [5.41, 5.74) is 2.79. The van der Waals surface area contributed by atoms with Crippen molar-refractivity contribution in [2.75, 3.05) is 0 Å². The molecule has 0 spiro atoms. The molecule has 1 heterocycles. The summed E-state index contributed by atoms with van der Waals surface area (Å²) in [6.07, 6.45) is 0. The Balaban J connectivity index is 1.63. The van der Waals surface area contributed by atoms with Gasteiger partial charge < -0.3 is 9.84 Å². The molecule has 5 nitrogen and oxygen atoms in total. The molecule has 0 fully saturated rings. The van der Waals surface area contributed by atoms with Gasteiger partial charge in [0.05, 0.1) is 0 Å². The average molecular weight is 339 g/mol. The van der Waals surface area contributed by atoms with Gasteiger partial charge in [-0.15, -0.1) is 0 Å². The molecule has 3 rings (SSSR count). The summed E-state index contributed by atoms with van der Waals surface area (Å²) in [6.45, 7) is 4.63. The van der Waals surface area contributed by atoms with E-state index in [4.69, 9.17) is 4.52 Å². The van der Waals surface area contributed by atoms with Crippen molar-refractivity contribution in [2.24, 2.45) is 0 Å². The van der Waals surface area contributed by atoms with E-state index >= 15 is 0 Å². The molecule has 1 N–H and O–H groups in total. The highest BCUT2D eigenvalue weighted by molar-refractivity contribution is 5.90. The van der Waals surface area contributed by atoms with Crippen LogP contribution in [-0.4, -0.2) is 16.0 Å². The first-order valence-electron chi connectivity index (χ1n) is 7.99. The first-order chi connectivity index (χ1) is 12.0. The second-order valence-corrected chi connectivity index (χ2v) is 6.01. The highest BCUT2D eigenvalue weighted by Crippen LogP contribution is 2.17. The van der Waals surface area contributed by atoms with Gasteiger partial charge in [-0.05, 0) is 41.3 Å². The minimum atomic E-state index is -0.426. The highest BCUT2D eigenvalue weighted by Gasteiger charge is 2.15. The van der Waals surface area contributed by atoms with E-state index in [1.165, 1.54) is 29.8 Å².